The molecule has 2 rings (SSSR count). The topological polar surface area (TPSA) is 55.6 Å². The third kappa shape index (κ3) is 3.78. The average Bonchev–Trinajstić information content (AvgIpc) is 2.38. The lowest BCUT2D eigenvalue weighted by atomic mass is 10.1. The van der Waals surface area contributed by atoms with Gasteiger partial charge in [-0.05, 0) is 25.0 Å². The molecule has 0 aliphatic carbocycles. The highest BCUT2D eigenvalue weighted by molar-refractivity contribution is 5.79. The first-order valence-corrected chi connectivity index (χ1v) is 6.70. The fourth-order valence-corrected chi connectivity index (χ4v) is 2.31. The van der Waals surface area contributed by atoms with Crippen LogP contribution in [-0.4, -0.2) is 36.1 Å². The first-order valence-electron chi connectivity index (χ1n) is 6.70. The molecule has 0 spiro atoms. The Hall–Kier alpha value is -1.39. The molecule has 1 aromatic rings. The number of ether oxygens (including phenoxy) is 1. The molecule has 4 nitrogen and oxygen atoms in total. The Morgan fingerprint density at radius 2 is 1.95 bits per heavy atom. The zero-order chi connectivity index (χ0) is 13.9. The van der Waals surface area contributed by atoms with Crippen molar-refractivity contribution in [1.29, 1.82) is 0 Å². The molecule has 0 saturated carbocycles. The number of nitrogens with zero attached hydrogens (tertiary/aromatic N) is 1. The van der Waals surface area contributed by atoms with Gasteiger partial charge in [0.15, 0.2) is 0 Å². The minimum atomic E-state index is -0.239. The number of carbonyl (C=O) groups is 1. The zero-order valence-electron chi connectivity index (χ0n) is 11.7. The van der Waals surface area contributed by atoms with Crippen molar-refractivity contribution < 1.29 is 9.53 Å². The standard InChI is InChI=1S/C15H22N2O2/c1-15(2)11-17(7-8-19-15)14(18)9-12-3-5-13(10-16)6-4-12/h3-6H,7-11,16H2,1-2H3. The van der Waals surface area contributed by atoms with Crippen LogP contribution in [0.25, 0.3) is 0 Å². The van der Waals surface area contributed by atoms with Gasteiger partial charge in [0.1, 0.15) is 0 Å². The Labute approximate surface area is 114 Å². The van der Waals surface area contributed by atoms with Gasteiger partial charge in [-0.3, -0.25) is 4.79 Å². The number of hydrogen-bond acceptors (Lipinski definition) is 3. The second kappa shape index (κ2) is 5.72. The maximum absolute atomic E-state index is 12.3. The van der Waals surface area contributed by atoms with Crippen molar-refractivity contribution in [1.82, 2.24) is 4.90 Å². The van der Waals surface area contributed by atoms with Crippen molar-refractivity contribution in [3.8, 4) is 0 Å². The van der Waals surface area contributed by atoms with E-state index in [0.717, 1.165) is 11.1 Å². The van der Waals surface area contributed by atoms with Crippen molar-refractivity contribution in [3.05, 3.63) is 35.4 Å². The highest BCUT2D eigenvalue weighted by atomic mass is 16.5. The normalized spacial score (nSPS) is 18.4. The van der Waals surface area contributed by atoms with Gasteiger partial charge >= 0.3 is 0 Å². The summed E-state index contributed by atoms with van der Waals surface area (Å²) < 4.78 is 5.62. The largest absolute Gasteiger partial charge is 0.372 e. The van der Waals surface area contributed by atoms with Crippen LogP contribution in [-0.2, 0) is 22.5 Å². The number of morpholine rings is 1. The molecule has 1 aliphatic heterocycles. The number of nitrogens with two attached hydrogens (primary N) is 1. The van der Waals surface area contributed by atoms with Crippen molar-refractivity contribution >= 4 is 5.91 Å². The summed E-state index contributed by atoms with van der Waals surface area (Å²) in [7, 11) is 0. The van der Waals surface area contributed by atoms with Crippen LogP contribution < -0.4 is 5.73 Å². The van der Waals surface area contributed by atoms with E-state index < -0.39 is 0 Å². The van der Waals surface area contributed by atoms with E-state index in [4.69, 9.17) is 10.5 Å². The molecule has 1 aliphatic rings. The average molecular weight is 262 g/mol. The summed E-state index contributed by atoms with van der Waals surface area (Å²) in [5.74, 6) is 0.164. The van der Waals surface area contributed by atoms with E-state index in [2.05, 4.69) is 0 Å². The highest BCUT2D eigenvalue weighted by Crippen LogP contribution is 2.17. The van der Waals surface area contributed by atoms with E-state index in [1.807, 2.05) is 43.0 Å². The van der Waals surface area contributed by atoms with Gasteiger partial charge in [0.2, 0.25) is 5.91 Å². The lowest BCUT2D eigenvalue weighted by Crippen LogP contribution is -2.51. The SMILES string of the molecule is CC1(C)CN(C(=O)Cc2ccc(CN)cc2)CCO1. The number of carbonyl (C=O) groups excluding carboxylic acids is 1. The first kappa shape index (κ1) is 14.0. The van der Waals surface area contributed by atoms with Gasteiger partial charge < -0.3 is 15.4 Å². The van der Waals surface area contributed by atoms with E-state index in [1.165, 1.54) is 0 Å². The second-order valence-electron chi connectivity index (χ2n) is 5.62. The van der Waals surface area contributed by atoms with E-state index >= 15 is 0 Å². The summed E-state index contributed by atoms with van der Waals surface area (Å²) in [5.41, 5.74) is 7.44. The van der Waals surface area contributed by atoms with Crippen LogP contribution in [0.15, 0.2) is 24.3 Å². The van der Waals surface area contributed by atoms with Crippen LogP contribution in [0.4, 0.5) is 0 Å². The van der Waals surface area contributed by atoms with Gasteiger partial charge in [-0.25, -0.2) is 0 Å². The van der Waals surface area contributed by atoms with Gasteiger partial charge in [0, 0.05) is 19.6 Å². The molecule has 1 fully saturated rings. The number of hydrogen-bond donors (Lipinski definition) is 1. The minimum Gasteiger partial charge on any atom is -0.372 e. The van der Waals surface area contributed by atoms with Crippen LogP contribution in [0.1, 0.15) is 25.0 Å². The fourth-order valence-electron chi connectivity index (χ4n) is 2.31. The Kier molecular flexibility index (Phi) is 4.22. The smallest absolute Gasteiger partial charge is 0.227 e. The molecule has 0 aromatic heterocycles. The molecule has 1 amide bonds. The number of amides is 1. The summed E-state index contributed by atoms with van der Waals surface area (Å²) in [6.45, 7) is 6.53. The lowest BCUT2D eigenvalue weighted by Gasteiger charge is -2.38. The third-order valence-electron chi connectivity index (χ3n) is 3.39. The quantitative estimate of drug-likeness (QED) is 0.894. The maximum Gasteiger partial charge on any atom is 0.227 e. The molecule has 4 heteroatoms. The van der Waals surface area contributed by atoms with E-state index in [-0.39, 0.29) is 11.5 Å². The molecular weight excluding hydrogens is 240 g/mol. The molecule has 104 valence electrons. The third-order valence-corrected chi connectivity index (χ3v) is 3.39. The zero-order valence-corrected chi connectivity index (χ0v) is 11.7. The van der Waals surface area contributed by atoms with E-state index in [1.54, 1.807) is 0 Å². The predicted octanol–water partition coefficient (Wildman–Crippen LogP) is 1.33. The molecule has 0 radical (unpaired) electrons. The van der Waals surface area contributed by atoms with E-state index in [0.29, 0.717) is 32.7 Å². The second-order valence-corrected chi connectivity index (χ2v) is 5.62. The fraction of sp³-hybridized carbons (Fsp3) is 0.533. The molecule has 19 heavy (non-hydrogen) atoms. The molecule has 2 N–H and O–H groups in total. The molecule has 0 bridgehead atoms. The predicted molar refractivity (Wildman–Crippen MR) is 74.6 cm³/mol. The highest BCUT2D eigenvalue weighted by Gasteiger charge is 2.29. The summed E-state index contributed by atoms with van der Waals surface area (Å²) >= 11 is 0. The number of rotatable bonds is 3. The van der Waals surface area contributed by atoms with Crippen LogP contribution in [0.5, 0.6) is 0 Å². The Balaban J connectivity index is 1.96. The first-order chi connectivity index (χ1) is 9.00. The van der Waals surface area contributed by atoms with Crippen LogP contribution >= 0.6 is 0 Å². The van der Waals surface area contributed by atoms with Crippen molar-refractivity contribution in [2.24, 2.45) is 5.73 Å². The monoisotopic (exact) mass is 262 g/mol. The number of benzene rings is 1. The summed E-state index contributed by atoms with van der Waals surface area (Å²) in [6.07, 6.45) is 0.445. The Bertz CT molecular complexity index is 440. The molecule has 1 heterocycles. The van der Waals surface area contributed by atoms with Crippen LogP contribution in [0.2, 0.25) is 0 Å². The van der Waals surface area contributed by atoms with Gasteiger partial charge in [-0.15, -0.1) is 0 Å². The van der Waals surface area contributed by atoms with Gasteiger partial charge in [0.05, 0.1) is 18.6 Å². The van der Waals surface area contributed by atoms with Gasteiger partial charge in [-0.1, -0.05) is 24.3 Å². The minimum absolute atomic E-state index is 0.164. The molecule has 1 saturated heterocycles. The molecule has 0 unspecified atom stereocenters. The Morgan fingerprint density at radius 3 is 2.53 bits per heavy atom. The maximum atomic E-state index is 12.3. The molecule has 0 atom stereocenters. The van der Waals surface area contributed by atoms with Crippen LogP contribution in [0.3, 0.4) is 0 Å². The Morgan fingerprint density at radius 1 is 1.32 bits per heavy atom. The van der Waals surface area contributed by atoms with Crippen molar-refractivity contribution in [2.45, 2.75) is 32.4 Å². The summed E-state index contributed by atoms with van der Waals surface area (Å²) in [5, 5.41) is 0. The van der Waals surface area contributed by atoms with Crippen molar-refractivity contribution in [2.75, 3.05) is 19.7 Å². The van der Waals surface area contributed by atoms with E-state index in [9.17, 15) is 4.79 Å². The van der Waals surface area contributed by atoms with Gasteiger partial charge in [0.25, 0.3) is 0 Å². The summed E-state index contributed by atoms with van der Waals surface area (Å²) in [6, 6.07) is 7.91. The molecular formula is C15H22N2O2. The van der Waals surface area contributed by atoms with Crippen LogP contribution in [0, 0.1) is 0 Å². The summed E-state index contributed by atoms with van der Waals surface area (Å²) in [4.78, 5) is 14.1. The lowest BCUT2D eigenvalue weighted by molar-refractivity contribution is -0.145. The molecule has 1 aromatic carbocycles. The van der Waals surface area contributed by atoms with Crippen molar-refractivity contribution in [3.63, 3.8) is 0 Å². The van der Waals surface area contributed by atoms with Gasteiger partial charge in [-0.2, -0.15) is 0 Å².